The molecule has 1 aromatic rings. The zero-order valence-electron chi connectivity index (χ0n) is 11.6. The fourth-order valence-corrected chi connectivity index (χ4v) is 1.97. The molecule has 2 rings (SSSR count). The van der Waals surface area contributed by atoms with Gasteiger partial charge >= 0.3 is 5.97 Å². The van der Waals surface area contributed by atoms with Gasteiger partial charge in [0.1, 0.15) is 0 Å². The van der Waals surface area contributed by atoms with Crippen LogP contribution >= 0.6 is 0 Å². The lowest BCUT2D eigenvalue weighted by molar-refractivity contribution is -0.143. The highest BCUT2D eigenvalue weighted by molar-refractivity contribution is 5.70. The number of anilines is 1. The molecule has 1 aliphatic heterocycles. The van der Waals surface area contributed by atoms with Crippen molar-refractivity contribution in [3.8, 4) is 5.88 Å². The average molecular weight is 265 g/mol. The first-order chi connectivity index (χ1) is 9.11. The second kappa shape index (κ2) is 5.86. The summed E-state index contributed by atoms with van der Waals surface area (Å²) in [5, 5.41) is 0. The lowest BCUT2D eigenvalue weighted by Crippen LogP contribution is -2.22. The SMILES string of the molecule is COC(=O)COc1nc(N2CCCC2)nc(C)c1C. The molecule has 1 aliphatic rings. The van der Waals surface area contributed by atoms with Gasteiger partial charge in [-0.3, -0.25) is 0 Å². The summed E-state index contributed by atoms with van der Waals surface area (Å²) in [5.41, 5.74) is 1.73. The van der Waals surface area contributed by atoms with Crippen LogP contribution in [0.3, 0.4) is 0 Å². The standard InChI is InChI=1S/C13H19N3O3/c1-9-10(2)14-13(16-6-4-5-7-16)15-12(9)19-8-11(17)18-3/h4-8H2,1-3H3. The largest absolute Gasteiger partial charge is 0.466 e. The normalized spacial score (nSPS) is 14.6. The molecular weight excluding hydrogens is 246 g/mol. The molecule has 0 saturated carbocycles. The summed E-state index contributed by atoms with van der Waals surface area (Å²) in [6.45, 7) is 5.61. The number of methoxy groups -OCH3 is 1. The fourth-order valence-electron chi connectivity index (χ4n) is 1.97. The Balaban J connectivity index is 2.18. The van der Waals surface area contributed by atoms with Crippen LogP contribution < -0.4 is 9.64 Å². The van der Waals surface area contributed by atoms with E-state index in [1.165, 1.54) is 7.11 Å². The smallest absolute Gasteiger partial charge is 0.343 e. The van der Waals surface area contributed by atoms with Gasteiger partial charge in [-0.1, -0.05) is 0 Å². The van der Waals surface area contributed by atoms with Crippen molar-refractivity contribution >= 4 is 11.9 Å². The van der Waals surface area contributed by atoms with E-state index in [9.17, 15) is 4.79 Å². The molecule has 0 bridgehead atoms. The van der Waals surface area contributed by atoms with Gasteiger partial charge in [0.15, 0.2) is 6.61 Å². The van der Waals surface area contributed by atoms with Crippen molar-refractivity contribution in [2.24, 2.45) is 0 Å². The Morgan fingerprint density at radius 2 is 1.95 bits per heavy atom. The Morgan fingerprint density at radius 3 is 2.58 bits per heavy atom. The van der Waals surface area contributed by atoms with Crippen molar-refractivity contribution in [2.45, 2.75) is 26.7 Å². The van der Waals surface area contributed by atoms with Crippen LogP contribution in [0.4, 0.5) is 5.95 Å². The van der Waals surface area contributed by atoms with Crippen molar-refractivity contribution < 1.29 is 14.3 Å². The Morgan fingerprint density at radius 1 is 1.26 bits per heavy atom. The van der Waals surface area contributed by atoms with Gasteiger partial charge < -0.3 is 14.4 Å². The third-order valence-corrected chi connectivity index (χ3v) is 3.28. The maximum absolute atomic E-state index is 11.1. The zero-order chi connectivity index (χ0) is 13.8. The van der Waals surface area contributed by atoms with Gasteiger partial charge in [0.2, 0.25) is 11.8 Å². The molecule has 0 amide bonds. The molecule has 1 aromatic heterocycles. The summed E-state index contributed by atoms with van der Waals surface area (Å²) in [5.74, 6) is 0.721. The van der Waals surface area contributed by atoms with E-state index in [1.807, 2.05) is 13.8 Å². The minimum Gasteiger partial charge on any atom is -0.466 e. The van der Waals surface area contributed by atoms with E-state index in [0.29, 0.717) is 11.8 Å². The van der Waals surface area contributed by atoms with Gasteiger partial charge in [0, 0.05) is 24.3 Å². The molecule has 2 heterocycles. The molecule has 0 aromatic carbocycles. The highest BCUT2D eigenvalue weighted by Gasteiger charge is 2.18. The first-order valence-electron chi connectivity index (χ1n) is 6.41. The minimum absolute atomic E-state index is 0.132. The van der Waals surface area contributed by atoms with Crippen LogP contribution in [-0.2, 0) is 9.53 Å². The van der Waals surface area contributed by atoms with Gasteiger partial charge in [-0.2, -0.15) is 4.98 Å². The lowest BCUT2D eigenvalue weighted by atomic mass is 10.2. The predicted molar refractivity (Wildman–Crippen MR) is 70.5 cm³/mol. The highest BCUT2D eigenvalue weighted by Crippen LogP contribution is 2.23. The monoisotopic (exact) mass is 265 g/mol. The minimum atomic E-state index is -0.418. The Bertz CT molecular complexity index is 470. The highest BCUT2D eigenvalue weighted by atomic mass is 16.6. The Hall–Kier alpha value is -1.85. The summed E-state index contributed by atoms with van der Waals surface area (Å²) in [7, 11) is 1.33. The van der Waals surface area contributed by atoms with E-state index >= 15 is 0 Å². The molecule has 19 heavy (non-hydrogen) atoms. The predicted octanol–water partition coefficient (Wildman–Crippen LogP) is 1.25. The quantitative estimate of drug-likeness (QED) is 0.763. The molecule has 6 heteroatoms. The van der Waals surface area contributed by atoms with Crippen LogP contribution in [0.1, 0.15) is 24.1 Å². The molecule has 104 valence electrons. The number of rotatable bonds is 4. The molecule has 1 saturated heterocycles. The fraction of sp³-hybridized carbons (Fsp3) is 0.615. The number of hydrogen-bond acceptors (Lipinski definition) is 6. The van der Waals surface area contributed by atoms with Crippen LogP contribution in [0.2, 0.25) is 0 Å². The van der Waals surface area contributed by atoms with E-state index < -0.39 is 5.97 Å². The lowest BCUT2D eigenvalue weighted by Gasteiger charge is -2.18. The van der Waals surface area contributed by atoms with Crippen molar-refractivity contribution in [1.29, 1.82) is 0 Å². The number of esters is 1. The van der Waals surface area contributed by atoms with Gasteiger partial charge in [0.05, 0.1) is 7.11 Å². The van der Waals surface area contributed by atoms with Crippen LogP contribution in [0.5, 0.6) is 5.88 Å². The van der Waals surface area contributed by atoms with E-state index in [0.717, 1.165) is 37.2 Å². The topological polar surface area (TPSA) is 64.6 Å². The van der Waals surface area contributed by atoms with E-state index in [4.69, 9.17) is 4.74 Å². The second-order valence-electron chi connectivity index (χ2n) is 4.60. The molecule has 0 aliphatic carbocycles. The number of aromatic nitrogens is 2. The third kappa shape index (κ3) is 3.13. The molecule has 1 fully saturated rings. The van der Waals surface area contributed by atoms with Gasteiger partial charge in [-0.25, -0.2) is 9.78 Å². The first kappa shape index (κ1) is 13.6. The van der Waals surface area contributed by atoms with E-state index in [1.54, 1.807) is 0 Å². The first-order valence-corrected chi connectivity index (χ1v) is 6.41. The molecule has 6 nitrogen and oxygen atoms in total. The van der Waals surface area contributed by atoms with Crippen molar-refractivity contribution in [2.75, 3.05) is 31.7 Å². The van der Waals surface area contributed by atoms with E-state index in [2.05, 4.69) is 19.6 Å². The van der Waals surface area contributed by atoms with E-state index in [-0.39, 0.29) is 6.61 Å². The number of carbonyl (C=O) groups excluding carboxylic acids is 1. The van der Waals surface area contributed by atoms with Crippen LogP contribution in [-0.4, -0.2) is 42.7 Å². The molecule has 0 radical (unpaired) electrons. The average Bonchev–Trinajstić information content (AvgIpc) is 2.93. The summed E-state index contributed by atoms with van der Waals surface area (Å²) >= 11 is 0. The number of aryl methyl sites for hydroxylation is 1. The Labute approximate surface area is 112 Å². The van der Waals surface area contributed by atoms with Gasteiger partial charge in [0.25, 0.3) is 0 Å². The van der Waals surface area contributed by atoms with Crippen molar-refractivity contribution in [3.05, 3.63) is 11.3 Å². The maximum atomic E-state index is 11.1. The Kier molecular flexibility index (Phi) is 4.19. The molecule has 0 atom stereocenters. The second-order valence-corrected chi connectivity index (χ2v) is 4.60. The van der Waals surface area contributed by atoms with Crippen LogP contribution in [0.15, 0.2) is 0 Å². The summed E-state index contributed by atoms with van der Waals surface area (Å²) in [6.07, 6.45) is 2.32. The number of nitrogens with zero attached hydrogens (tertiary/aromatic N) is 3. The summed E-state index contributed by atoms with van der Waals surface area (Å²) < 4.78 is 9.97. The molecule has 0 unspecified atom stereocenters. The zero-order valence-corrected chi connectivity index (χ0v) is 11.6. The van der Waals surface area contributed by atoms with Crippen LogP contribution in [0, 0.1) is 13.8 Å². The number of ether oxygens (including phenoxy) is 2. The summed E-state index contributed by atoms with van der Waals surface area (Å²) in [4.78, 5) is 22.1. The molecular formula is C13H19N3O3. The maximum Gasteiger partial charge on any atom is 0.343 e. The molecule has 0 N–H and O–H groups in total. The number of hydrogen-bond donors (Lipinski definition) is 0. The van der Waals surface area contributed by atoms with Crippen molar-refractivity contribution in [1.82, 2.24) is 9.97 Å². The summed E-state index contributed by atoms with van der Waals surface area (Å²) in [6, 6.07) is 0. The third-order valence-electron chi connectivity index (χ3n) is 3.28. The van der Waals surface area contributed by atoms with Gasteiger partial charge in [-0.15, -0.1) is 0 Å². The van der Waals surface area contributed by atoms with Gasteiger partial charge in [-0.05, 0) is 26.7 Å². The van der Waals surface area contributed by atoms with Crippen LogP contribution in [0.25, 0.3) is 0 Å². The molecule has 0 spiro atoms. The number of carbonyl (C=O) groups is 1. The van der Waals surface area contributed by atoms with Crippen molar-refractivity contribution in [3.63, 3.8) is 0 Å².